The summed E-state index contributed by atoms with van der Waals surface area (Å²) in [6.07, 6.45) is 0. The molecule has 0 fully saturated rings. The van der Waals surface area contributed by atoms with E-state index >= 15 is 0 Å². The molecule has 1 heterocycles. The standard InChI is InChI=1S/C22H17F2N3/c1-13(2)21-19(14(3)12-25)20(15-4-8-17(23)9-5-15)22(27-26-21)16-6-10-18(24)11-7-16/h4-11,13H,3H2,1-2H3. The van der Waals surface area contributed by atoms with Crippen LogP contribution >= 0.6 is 0 Å². The van der Waals surface area contributed by atoms with Gasteiger partial charge in [0.25, 0.3) is 0 Å². The number of halogens is 2. The van der Waals surface area contributed by atoms with Gasteiger partial charge in [0.1, 0.15) is 17.3 Å². The summed E-state index contributed by atoms with van der Waals surface area (Å²) in [6.45, 7) is 7.77. The van der Waals surface area contributed by atoms with Gasteiger partial charge in [-0.2, -0.15) is 10.4 Å². The zero-order valence-electron chi connectivity index (χ0n) is 15.0. The third-order valence-corrected chi connectivity index (χ3v) is 4.23. The second kappa shape index (κ2) is 7.46. The molecule has 3 rings (SSSR count). The van der Waals surface area contributed by atoms with Crippen molar-refractivity contribution in [3.05, 3.63) is 78.0 Å². The monoisotopic (exact) mass is 361 g/mol. The number of benzene rings is 2. The Labute approximate surface area is 156 Å². The number of nitriles is 1. The largest absolute Gasteiger partial charge is 0.207 e. The highest BCUT2D eigenvalue weighted by atomic mass is 19.1. The fourth-order valence-electron chi connectivity index (χ4n) is 2.92. The van der Waals surface area contributed by atoms with Crippen molar-refractivity contribution in [1.29, 1.82) is 5.26 Å². The minimum atomic E-state index is -0.367. The van der Waals surface area contributed by atoms with Crippen molar-refractivity contribution in [2.75, 3.05) is 0 Å². The molecule has 0 aliphatic heterocycles. The van der Waals surface area contributed by atoms with Crippen molar-refractivity contribution in [2.45, 2.75) is 19.8 Å². The van der Waals surface area contributed by atoms with E-state index in [4.69, 9.17) is 0 Å². The molecule has 0 aliphatic carbocycles. The van der Waals surface area contributed by atoms with Crippen LogP contribution < -0.4 is 0 Å². The highest BCUT2D eigenvalue weighted by Crippen LogP contribution is 2.39. The van der Waals surface area contributed by atoms with Crippen molar-refractivity contribution in [2.24, 2.45) is 0 Å². The van der Waals surface area contributed by atoms with Gasteiger partial charge < -0.3 is 0 Å². The molecule has 0 saturated carbocycles. The summed E-state index contributed by atoms with van der Waals surface area (Å²) >= 11 is 0. The molecule has 0 aliphatic rings. The molecule has 3 nitrogen and oxygen atoms in total. The molecule has 0 unspecified atom stereocenters. The van der Waals surface area contributed by atoms with Crippen LogP contribution in [-0.4, -0.2) is 10.2 Å². The van der Waals surface area contributed by atoms with Gasteiger partial charge in [0.15, 0.2) is 0 Å². The van der Waals surface area contributed by atoms with Gasteiger partial charge in [0.05, 0.1) is 17.3 Å². The lowest BCUT2D eigenvalue weighted by atomic mass is 9.88. The molecule has 0 spiro atoms. The maximum absolute atomic E-state index is 13.5. The number of aromatic nitrogens is 2. The Morgan fingerprint density at radius 1 is 0.926 bits per heavy atom. The smallest absolute Gasteiger partial charge is 0.123 e. The van der Waals surface area contributed by atoms with E-state index in [0.717, 1.165) is 0 Å². The second-order valence-corrected chi connectivity index (χ2v) is 6.44. The maximum Gasteiger partial charge on any atom is 0.123 e. The van der Waals surface area contributed by atoms with Gasteiger partial charge >= 0.3 is 0 Å². The van der Waals surface area contributed by atoms with Crippen LogP contribution in [0.5, 0.6) is 0 Å². The average molecular weight is 361 g/mol. The zero-order valence-corrected chi connectivity index (χ0v) is 15.0. The third-order valence-electron chi connectivity index (χ3n) is 4.23. The molecular weight excluding hydrogens is 344 g/mol. The third kappa shape index (κ3) is 3.61. The Bertz CT molecular complexity index is 1030. The minimum Gasteiger partial charge on any atom is -0.207 e. The first-order chi connectivity index (χ1) is 12.9. The summed E-state index contributed by atoms with van der Waals surface area (Å²) in [7, 11) is 0. The van der Waals surface area contributed by atoms with Gasteiger partial charge in [-0.3, -0.25) is 0 Å². The fourth-order valence-corrected chi connectivity index (χ4v) is 2.92. The SMILES string of the molecule is C=C(C#N)c1c(C(C)C)nnc(-c2ccc(F)cc2)c1-c1ccc(F)cc1. The molecule has 3 aromatic rings. The predicted molar refractivity (Wildman–Crippen MR) is 102 cm³/mol. The summed E-state index contributed by atoms with van der Waals surface area (Å²) in [4.78, 5) is 0. The van der Waals surface area contributed by atoms with E-state index in [1.165, 1.54) is 24.3 Å². The van der Waals surface area contributed by atoms with E-state index in [2.05, 4.69) is 22.8 Å². The van der Waals surface area contributed by atoms with Crippen molar-refractivity contribution < 1.29 is 8.78 Å². The topological polar surface area (TPSA) is 49.6 Å². The van der Waals surface area contributed by atoms with Gasteiger partial charge in [0.2, 0.25) is 0 Å². The van der Waals surface area contributed by atoms with Gasteiger partial charge in [-0.1, -0.05) is 32.6 Å². The molecule has 0 atom stereocenters. The van der Waals surface area contributed by atoms with Crippen LogP contribution in [0.25, 0.3) is 28.0 Å². The van der Waals surface area contributed by atoms with Crippen LogP contribution in [0, 0.1) is 23.0 Å². The minimum absolute atomic E-state index is 0.000865. The molecule has 0 bridgehead atoms. The van der Waals surface area contributed by atoms with E-state index in [1.54, 1.807) is 24.3 Å². The van der Waals surface area contributed by atoms with Crippen LogP contribution in [0.2, 0.25) is 0 Å². The number of hydrogen-bond donors (Lipinski definition) is 0. The first kappa shape index (κ1) is 18.4. The van der Waals surface area contributed by atoms with Crippen LogP contribution in [0.3, 0.4) is 0 Å². The van der Waals surface area contributed by atoms with Gasteiger partial charge in [-0.25, -0.2) is 8.78 Å². The van der Waals surface area contributed by atoms with Crippen LogP contribution in [-0.2, 0) is 0 Å². The highest BCUT2D eigenvalue weighted by Gasteiger charge is 2.23. The van der Waals surface area contributed by atoms with Crippen molar-refractivity contribution >= 4 is 5.57 Å². The van der Waals surface area contributed by atoms with E-state index in [-0.39, 0.29) is 23.1 Å². The Morgan fingerprint density at radius 2 is 1.44 bits per heavy atom. The number of nitrogens with zero attached hydrogens (tertiary/aromatic N) is 3. The molecule has 27 heavy (non-hydrogen) atoms. The number of allylic oxidation sites excluding steroid dienone is 1. The molecule has 5 heteroatoms. The molecule has 2 aromatic carbocycles. The Kier molecular flexibility index (Phi) is 5.09. The maximum atomic E-state index is 13.5. The summed E-state index contributed by atoms with van der Waals surface area (Å²) in [5, 5.41) is 18.2. The van der Waals surface area contributed by atoms with Crippen molar-refractivity contribution in [1.82, 2.24) is 10.2 Å². The molecule has 0 saturated heterocycles. The first-order valence-electron chi connectivity index (χ1n) is 8.44. The predicted octanol–water partition coefficient (Wildman–Crippen LogP) is 5.75. The van der Waals surface area contributed by atoms with Crippen molar-refractivity contribution in [3.8, 4) is 28.5 Å². The fraction of sp³-hybridized carbons (Fsp3) is 0.136. The lowest BCUT2D eigenvalue weighted by molar-refractivity contribution is 0.627. The molecule has 134 valence electrons. The molecule has 0 radical (unpaired) electrons. The van der Waals surface area contributed by atoms with Crippen LogP contribution in [0.15, 0.2) is 55.1 Å². The van der Waals surface area contributed by atoms with Crippen LogP contribution in [0.4, 0.5) is 8.78 Å². The normalized spacial score (nSPS) is 10.7. The quantitative estimate of drug-likeness (QED) is 0.556. The lowest BCUT2D eigenvalue weighted by Gasteiger charge is -2.18. The summed E-state index contributed by atoms with van der Waals surface area (Å²) < 4.78 is 26.8. The molecule has 0 amide bonds. The van der Waals surface area contributed by atoms with E-state index in [1.807, 2.05) is 13.8 Å². The van der Waals surface area contributed by atoms with E-state index in [0.29, 0.717) is 33.6 Å². The molecule has 1 aromatic heterocycles. The summed E-state index contributed by atoms with van der Waals surface area (Å²) in [5.74, 6) is -0.733. The lowest BCUT2D eigenvalue weighted by Crippen LogP contribution is -2.06. The van der Waals surface area contributed by atoms with E-state index in [9.17, 15) is 14.0 Å². The Balaban J connectivity index is 2.40. The summed E-state index contributed by atoms with van der Waals surface area (Å²) in [5.41, 5.74) is 3.89. The van der Waals surface area contributed by atoms with Crippen molar-refractivity contribution in [3.63, 3.8) is 0 Å². The van der Waals surface area contributed by atoms with E-state index < -0.39 is 0 Å². The Morgan fingerprint density at radius 3 is 1.93 bits per heavy atom. The van der Waals surface area contributed by atoms with Crippen LogP contribution in [0.1, 0.15) is 31.0 Å². The summed E-state index contributed by atoms with van der Waals surface area (Å²) in [6, 6.07) is 13.9. The number of hydrogen-bond acceptors (Lipinski definition) is 3. The van der Waals surface area contributed by atoms with Gasteiger partial charge in [-0.15, -0.1) is 5.10 Å². The second-order valence-electron chi connectivity index (χ2n) is 6.44. The Hall–Kier alpha value is -3.39. The highest BCUT2D eigenvalue weighted by molar-refractivity contribution is 5.93. The van der Waals surface area contributed by atoms with Gasteiger partial charge in [-0.05, 0) is 47.9 Å². The average Bonchev–Trinajstić information content (AvgIpc) is 2.67. The molecular formula is C22H17F2N3. The van der Waals surface area contributed by atoms with Gasteiger partial charge in [0, 0.05) is 16.7 Å². The zero-order chi connectivity index (χ0) is 19.6. The first-order valence-corrected chi connectivity index (χ1v) is 8.44. The molecule has 0 N–H and O–H groups in total. The number of rotatable bonds is 4.